The second kappa shape index (κ2) is 5.68. The Bertz CT molecular complexity index is 375. The van der Waals surface area contributed by atoms with Crippen LogP contribution in [-0.4, -0.2) is 0 Å². The summed E-state index contributed by atoms with van der Waals surface area (Å²) in [5.41, 5.74) is 11.7. The Morgan fingerprint density at radius 1 is 0.824 bits per heavy atom. The first-order valence-corrected chi connectivity index (χ1v) is 6.75. The van der Waals surface area contributed by atoms with Crippen LogP contribution in [0.3, 0.4) is 0 Å². The van der Waals surface area contributed by atoms with E-state index in [1.165, 1.54) is 22.3 Å². The van der Waals surface area contributed by atoms with Crippen molar-refractivity contribution in [2.24, 2.45) is 5.73 Å². The van der Waals surface area contributed by atoms with E-state index in [2.05, 4.69) is 53.7 Å². The molecule has 0 saturated carbocycles. The molecule has 0 aliphatic carbocycles. The lowest BCUT2D eigenvalue weighted by Gasteiger charge is -2.25. The van der Waals surface area contributed by atoms with Gasteiger partial charge >= 0.3 is 0 Å². The molecule has 0 bridgehead atoms. The lowest BCUT2D eigenvalue weighted by atomic mass is 9.81. The quantitative estimate of drug-likeness (QED) is 0.813. The van der Waals surface area contributed by atoms with Crippen LogP contribution < -0.4 is 5.73 Å². The predicted molar refractivity (Wildman–Crippen MR) is 76.6 cm³/mol. The molecular formula is C16H27N. The minimum Gasteiger partial charge on any atom is -0.326 e. The van der Waals surface area contributed by atoms with Gasteiger partial charge < -0.3 is 5.73 Å². The van der Waals surface area contributed by atoms with Crippen molar-refractivity contribution < 1.29 is 0 Å². The maximum Gasteiger partial charge on any atom is 0.0181 e. The number of hydrogen-bond donors (Lipinski definition) is 1. The molecule has 0 spiro atoms. The van der Waals surface area contributed by atoms with E-state index < -0.39 is 0 Å². The van der Waals surface area contributed by atoms with Crippen molar-refractivity contribution in [3.8, 4) is 0 Å². The molecule has 2 N–H and O–H groups in total. The standard InChI is InChI=1S/C16H27N/c1-10(2)14-8-7-13(9-17)15(11(3)4)16(14)12(5)6/h7-8,10-12H,9,17H2,1-6H3. The molecule has 0 atom stereocenters. The van der Waals surface area contributed by atoms with E-state index in [1.807, 2.05) is 0 Å². The second-order valence-corrected chi connectivity index (χ2v) is 5.81. The molecule has 1 aromatic carbocycles. The van der Waals surface area contributed by atoms with Crippen LogP contribution in [-0.2, 0) is 6.54 Å². The van der Waals surface area contributed by atoms with Crippen molar-refractivity contribution in [1.29, 1.82) is 0 Å². The molecule has 1 rings (SSSR count). The molecule has 0 radical (unpaired) electrons. The number of nitrogens with two attached hydrogens (primary N) is 1. The SMILES string of the molecule is CC(C)c1ccc(CN)c(C(C)C)c1C(C)C. The van der Waals surface area contributed by atoms with Gasteiger partial charge in [-0.25, -0.2) is 0 Å². The Balaban J connectivity index is 3.53. The Morgan fingerprint density at radius 2 is 1.35 bits per heavy atom. The summed E-state index contributed by atoms with van der Waals surface area (Å²) in [6.45, 7) is 14.3. The summed E-state index contributed by atoms with van der Waals surface area (Å²) < 4.78 is 0. The van der Waals surface area contributed by atoms with Crippen LogP contribution in [0.1, 0.15) is 81.5 Å². The maximum absolute atomic E-state index is 5.88. The van der Waals surface area contributed by atoms with Crippen LogP contribution in [0, 0.1) is 0 Å². The molecule has 1 nitrogen and oxygen atoms in total. The van der Waals surface area contributed by atoms with Gasteiger partial charge in [-0.2, -0.15) is 0 Å². The normalized spacial score (nSPS) is 11.9. The summed E-state index contributed by atoms with van der Waals surface area (Å²) in [5, 5.41) is 0. The van der Waals surface area contributed by atoms with Crippen molar-refractivity contribution in [3.05, 3.63) is 34.4 Å². The largest absolute Gasteiger partial charge is 0.326 e. The Hall–Kier alpha value is -0.820. The first kappa shape index (κ1) is 14.2. The molecule has 17 heavy (non-hydrogen) atoms. The van der Waals surface area contributed by atoms with E-state index in [4.69, 9.17) is 5.73 Å². The molecule has 0 amide bonds. The molecule has 0 saturated heterocycles. The van der Waals surface area contributed by atoms with E-state index in [0.717, 1.165) is 0 Å². The molecule has 0 aliphatic heterocycles. The van der Waals surface area contributed by atoms with Gasteiger partial charge in [0.05, 0.1) is 0 Å². The van der Waals surface area contributed by atoms with Gasteiger partial charge in [-0.1, -0.05) is 53.7 Å². The third-order valence-electron chi connectivity index (χ3n) is 3.41. The van der Waals surface area contributed by atoms with Crippen LogP contribution in [0.4, 0.5) is 0 Å². The van der Waals surface area contributed by atoms with Crippen LogP contribution in [0.15, 0.2) is 12.1 Å². The monoisotopic (exact) mass is 233 g/mol. The predicted octanol–water partition coefficient (Wildman–Crippen LogP) is 4.52. The molecular weight excluding hydrogens is 206 g/mol. The zero-order chi connectivity index (χ0) is 13.2. The van der Waals surface area contributed by atoms with Gasteiger partial charge in [0, 0.05) is 6.54 Å². The van der Waals surface area contributed by atoms with Gasteiger partial charge in [0.2, 0.25) is 0 Å². The van der Waals surface area contributed by atoms with Crippen molar-refractivity contribution in [3.63, 3.8) is 0 Å². The van der Waals surface area contributed by atoms with Gasteiger partial charge in [0.15, 0.2) is 0 Å². The molecule has 0 aliphatic rings. The first-order valence-electron chi connectivity index (χ1n) is 6.75. The molecule has 0 aromatic heterocycles. The van der Waals surface area contributed by atoms with Gasteiger partial charge in [0.25, 0.3) is 0 Å². The number of benzene rings is 1. The summed E-state index contributed by atoms with van der Waals surface area (Å²) in [6.07, 6.45) is 0. The Morgan fingerprint density at radius 3 is 1.71 bits per heavy atom. The van der Waals surface area contributed by atoms with E-state index >= 15 is 0 Å². The molecule has 0 unspecified atom stereocenters. The maximum atomic E-state index is 5.88. The topological polar surface area (TPSA) is 26.0 Å². The fourth-order valence-electron chi connectivity index (χ4n) is 2.71. The number of hydrogen-bond acceptors (Lipinski definition) is 1. The van der Waals surface area contributed by atoms with E-state index in [1.54, 1.807) is 0 Å². The fraction of sp³-hybridized carbons (Fsp3) is 0.625. The van der Waals surface area contributed by atoms with Crippen molar-refractivity contribution >= 4 is 0 Å². The van der Waals surface area contributed by atoms with Crippen LogP contribution in [0.5, 0.6) is 0 Å². The summed E-state index contributed by atoms with van der Waals surface area (Å²) >= 11 is 0. The van der Waals surface area contributed by atoms with E-state index in [-0.39, 0.29) is 0 Å². The van der Waals surface area contributed by atoms with Gasteiger partial charge in [0.1, 0.15) is 0 Å². The van der Waals surface area contributed by atoms with Crippen molar-refractivity contribution in [2.45, 2.75) is 65.8 Å². The van der Waals surface area contributed by atoms with E-state index in [9.17, 15) is 0 Å². The molecule has 1 aromatic rings. The highest BCUT2D eigenvalue weighted by Gasteiger charge is 2.19. The van der Waals surface area contributed by atoms with Crippen molar-refractivity contribution in [2.75, 3.05) is 0 Å². The summed E-state index contributed by atoms with van der Waals surface area (Å²) in [4.78, 5) is 0. The Labute approximate surface area is 106 Å². The third kappa shape index (κ3) is 2.90. The summed E-state index contributed by atoms with van der Waals surface area (Å²) in [5.74, 6) is 1.69. The lowest BCUT2D eigenvalue weighted by Crippen LogP contribution is -2.11. The minimum absolute atomic E-state index is 0.546. The lowest BCUT2D eigenvalue weighted by molar-refractivity contribution is 0.737. The van der Waals surface area contributed by atoms with Gasteiger partial charge in [-0.05, 0) is 40.0 Å². The molecule has 0 heterocycles. The first-order chi connectivity index (χ1) is 7.90. The average Bonchev–Trinajstić information content (AvgIpc) is 2.26. The second-order valence-electron chi connectivity index (χ2n) is 5.81. The zero-order valence-corrected chi connectivity index (χ0v) is 12.2. The molecule has 1 heteroatoms. The highest BCUT2D eigenvalue weighted by Crippen LogP contribution is 2.35. The number of rotatable bonds is 4. The van der Waals surface area contributed by atoms with Gasteiger partial charge in [-0.15, -0.1) is 0 Å². The van der Waals surface area contributed by atoms with E-state index in [0.29, 0.717) is 24.3 Å². The van der Waals surface area contributed by atoms with Crippen LogP contribution >= 0.6 is 0 Å². The van der Waals surface area contributed by atoms with Crippen LogP contribution in [0.2, 0.25) is 0 Å². The Kier molecular flexibility index (Phi) is 4.76. The summed E-state index contributed by atoms with van der Waals surface area (Å²) in [6, 6.07) is 4.49. The van der Waals surface area contributed by atoms with Crippen molar-refractivity contribution in [1.82, 2.24) is 0 Å². The van der Waals surface area contributed by atoms with Gasteiger partial charge in [-0.3, -0.25) is 0 Å². The highest BCUT2D eigenvalue weighted by atomic mass is 14.5. The molecule has 96 valence electrons. The molecule has 0 fully saturated rings. The third-order valence-corrected chi connectivity index (χ3v) is 3.41. The summed E-state index contributed by atoms with van der Waals surface area (Å²) in [7, 11) is 0. The average molecular weight is 233 g/mol. The van der Waals surface area contributed by atoms with Crippen LogP contribution in [0.25, 0.3) is 0 Å². The minimum atomic E-state index is 0.546. The fourth-order valence-corrected chi connectivity index (χ4v) is 2.71. The smallest absolute Gasteiger partial charge is 0.0181 e. The zero-order valence-electron chi connectivity index (χ0n) is 12.2. The highest BCUT2D eigenvalue weighted by molar-refractivity contribution is 5.46.